The van der Waals surface area contributed by atoms with Crippen LogP contribution in [-0.2, 0) is 4.79 Å². The van der Waals surface area contributed by atoms with E-state index in [2.05, 4.69) is 29.2 Å². The maximum absolute atomic E-state index is 12.8. The minimum atomic E-state index is 0.104. The number of carbonyl (C=O) groups excluding carboxylic acids is 2. The topological polar surface area (TPSA) is 43.9 Å². The van der Waals surface area contributed by atoms with E-state index in [4.69, 9.17) is 0 Å². The number of carbonyl (C=O) groups is 2. The molecule has 29 heavy (non-hydrogen) atoms. The van der Waals surface area contributed by atoms with E-state index in [0.717, 1.165) is 57.7 Å². The van der Waals surface area contributed by atoms with Crippen LogP contribution in [-0.4, -0.2) is 60.9 Å². The molecule has 2 aliphatic heterocycles. The van der Waals surface area contributed by atoms with Crippen molar-refractivity contribution in [2.24, 2.45) is 5.92 Å². The van der Waals surface area contributed by atoms with Crippen LogP contribution in [0.5, 0.6) is 0 Å². The van der Waals surface area contributed by atoms with Crippen molar-refractivity contribution in [3.05, 3.63) is 66.2 Å². The average molecular weight is 392 g/mol. The van der Waals surface area contributed by atoms with Gasteiger partial charge in [0.15, 0.2) is 0 Å². The number of likely N-dealkylation sites (tertiary alicyclic amines) is 1. The standard InChI is InChI=1S/C24H29N3O2/c28-23(26-17-15-25(16-18-26)22-9-5-2-6-10-22)19-20-11-13-27(14-12-20)24(29)21-7-3-1-4-8-21/h1-10,20H,11-19H2. The van der Waals surface area contributed by atoms with E-state index < -0.39 is 0 Å². The van der Waals surface area contributed by atoms with Gasteiger partial charge < -0.3 is 14.7 Å². The van der Waals surface area contributed by atoms with Gasteiger partial charge >= 0.3 is 0 Å². The second-order valence-electron chi connectivity index (χ2n) is 8.01. The summed E-state index contributed by atoms with van der Waals surface area (Å²) in [5.74, 6) is 0.757. The first-order valence-electron chi connectivity index (χ1n) is 10.6. The first-order chi connectivity index (χ1) is 14.2. The van der Waals surface area contributed by atoms with E-state index in [-0.39, 0.29) is 11.8 Å². The molecule has 0 aliphatic carbocycles. The molecular formula is C24H29N3O2. The maximum atomic E-state index is 12.8. The number of nitrogens with zero attached hydrogens (tertiary/aromatic N) is 3. The molecule has 0 unspecified atom stereocenters. The van der Waals surface area contributed by atoms with Gasteiger partial charge in [-0.25, -0.2) is 0 Å². The Morgan fingerprint density at radius 2 is 1.31 bits per heavy atom. The Bertz CT molecular complexity index is 809. The minimum absolute atomic E-state index is 0.104. The molecule has 0 N–H and O–H groups in total. The Kier molecular flexibility index (Phi) is 6.13. The van der Waals surface area contributed by atoms with Crippen LogP contribution in [0.1, 0.15) is 29.6 Å². The number of hydrogen-bond donors (Lipinski definition) is 0. The van der Waals surface area contributed by atoms with Gasteiger partial charge in [0.05, 0.1) is 0 Å². The number of benzene rings is 2. The molecule has 2 aromatic rings. The van der Waals surface area contributed by atoms with Crippen LogP contribution in [0.25, 0.3) is 0 Å². The number of rotatable bonds is 4. The first-order valence-corrected chi connectivity index (χ1v) is 10.6. The number of amides is 2. The van der Waals surface area contributed by atoms with Crippen LogP contribution in [0, 0.1) is 5.92 Å². The lowest BCUT2D eigenvalue weighted by Gasteiger charge is -2.37. The van der Waals surface area contributed by atoms with Gasteiger partial charge in [-0.3, -0.25) is 9.59 Å². The summed E-state index contributed by atoms with van der Waals surface area (Å²) in [5, 5.41) is 0. The average Bonchev–Trinajstić information content (AvgIpc) is 2.80. The summed E-state index contributed by atoms with van der Waals surface area (Å²) >= 11 is 0. The van der Waals surface area contributed by atoms with Crippen LogP contribution >= 0.6 is 0 Å². The van der Waals surface area contributed by atoms with Crippen molar-refractivity contribution in [3.63, 3.8) is 0 Å². The number of hydrogen-bond acceptors (Lipinski definition) is 3. The third-order valence-corrected chi connectivity index (χ3v) is 6.14. The molecule has 2 amide bonds. The van der Waals surface area contributed by atoms with Crippen LogP contribution in [0.3, 0.4) is 0 Å². The van der Waals surface area contributed by atoms with Gasteiger partial charge in [-0.2, -0.15) is 0 Å². The molecule has 4 rings (SSSR count). The SMILES string of the molecule is O=C(CC1CCN(C(=O)c2ccccc2)CC1)N1CCN(c2ccccc2)CC1. The number of anilines is 1. The Labute approximate surface area is 172 Å². The second kappa shape index (κ2) is 9.12. The lowest BCUT2D eigenvalue weighted by Crippen LogP contribution is -2.49. The van der Waals surface area contributed by atoms with E-state index in [9.17, 15) is 9.59 Å². The van der Waals surface area contributed by atoms with Crippen molar-refractivity contribution in [1.29, 1.82) is 0 Å². The van der Waals surface area contributed by atoms with Gasteiger partial charge in [0, 0.05) is 56.9 Å². The minimum Gasteiger partial charge on any atom is -0.368 e. The van der Waals surface area contributed by atoms with Crippen molar-refractivity contribution >= 4 is 17.5 Å². The van der Waals surface area contributed by atoms with E-state index >= 15 is 0 Å². The van der Waals surface area contributed by atoms with Crippen molar-refractivity contribution < 1.29 is 9.59 Å². The molecule has 5 heteroatoms. The van der Waals surface area contributed by atoms with Crippen LogP contribution < -0.4 is 4.90 Å². The number of piperazine rings is 1. The third-order valence-electron chi connectivity index (χ3n) is 6.14. The smallest absolute Gasteiger partial charge is 0.253 e. The maximum Gasteiger partial charge on any atom is 0.253 e. The summed E-state index contributed by atoms with van der Waals surface area (Å²) < 4.78 is 0. The Hall–Kier alpha value is -2.82. The molecular weight excluding hydrogens is 362 g/mol. The molecule has 0 bridgehead atoms. The second-order valence-corrected chi connectivity index (χ2v) is 8.01. The summed E-state index contributed by atoms with van der Waals surface area (Å²) in [5.41, 5.74) is 1.98. The van der Waals surface area contributed by atoms with E-state index in [0.29, 0.717) is 12.3 Å². The summed E-state index contributed by atoms with van der Waals surface area (Å²) in [6, 6.07) is 19.9. The van der Waals surface area contributed by atoms with Gasteiger partial charge in [-0.15, -0.1) is 0 Å². The van der Waals surface area contributed by atoms with E-state index in [1.807, 2.05) is 46.2 Å². The van der Waals surface area contributed by atoms with Gasteiger partial charge in [0.2, 0.25) is 5.91 Å². The van der Waals surface area contributed by atoms with Crippen LogP contribution in [0.2, 0.25) is 0 Å². The highest BCUT2D eigenvalue weighted by atomic mass is 16.2. The molecule has 0 radical (unpaired) electrons. The molecule has 2 fully saturated rings. The van der Waals surface area contributed by atoms with E-state index in [1.165, 1.54) is 5.69 Å². The Balaban J connectivity index is 1.22. The largest absolute Gasteiger partial charge is 0.368 e. The zero-order chi connectivity index (χ0) is 20.1. The summed E-state index contributed by atoms with van der Waals surface area (Å²) in [7, 11) is 0. The highest BCUT2D eigenvalue weighted by Gasteiger charge is 2.28. The monoisotopic (exact) mass is 391 g/mol. The fourth-order valence-corrected chi connectivity index (χ4v) is 4.33. The lowest BCUT2D eigenvalue weighted by atomic mass is 9.92. The van der Waals surface area contributed by atoms with Crippen molar-refractivity contribution in [2.75, 3.05) is 44.2 Å². The molecule has 0 aromatic heterocycles. The fourth-order valence-electron chi connectivity index (χ4n) is 4.33. The molecule has 152 valence electrons. The molecule has 2 heterocycles. The van der Waals surface area contributed by atoms with Crippen molar-refractivity contribution in [2.45, 2.75) is 19.3 Å². The quantitative estimate of drug-likeness (QED) is 0.803. The predicted molar refractivity (Wildman–Crippen MR) is 115 cm³/mol. The molecule has 2 aromatic carbocycles. The lowest BCUT2D eigenvalue weighted by molar-refractivity contribution is -0.132. The normalized spacial score (nSPS) is 18.0. The molecule has 0 spiro atoms. The zero-order valence-corrected chi connectivity index (χ0v) is 16.9. The van der Waals surface area contributed by atoms with Crippen molar-refractivity contribution in [3.8, 4) is 0 Å². The first kappa shape index (κ1) is 19.5. The van der Waals surface area contributed by atoms with Gasteiger partial charge in [-0.05, 0) is 43.0 Å². The molecule has 5 nitrogen and oxygen atoms in total. The van der Waals surface area contributed by atoms with E-state index in [1.54, 1.807) is 0 Å². The summed E-state index contributed by atoms with van der Waals surface area (Å²) in [4.78, 5) is 31.6. The summed E-state index contributed by atoms with van der Waals surface area (Å²) in [6.45, 7) is 4.85. The number of para-hydroxylation sites is 1. The molecule has 2 saturated heterocycles. The predicted octanol–water partition coefficient (Wildman–Crippen LogP) is 3.28. The fraction of sp³-hybridized carbons (Fsp3) is 0.417. The van der Waals surface area contributed by atoms with Gasteiger partial charge in [0.25, 0.3) is 5.91 Å². The molecule has 2 aliphatic rings. The highest BCUT2D eigenvalue weighted by molar-refractivity contribution is 5.94. The van der Waals surface area contributed by atoms with Gasteiger partial charge in [-0.1, -0.05) is 36.4 Å². The molecule has 0 atom stereocenters. The van der Waals surface area contributed by atoms with Crippen LogP contribution in [0.4, 0.5) is 5.69 Å². The Morgan fingerprint density at radius 1 is 0.724 bits per heavy atom. The van der Waals surface area contributed by atoms with Gasteiger partial charge in [0.1, 0.15) is 0 Å². The number of piperidine rings is 1. The summed E-state index contributed by atoms with van der Waals surface area (Å²) in [6.07, 6.45) is 2.43. The third kappa shape index (κ3) is 4.78. The van der Waals surface area contributed by atoms with Crippen molar-refractivity contribution in [1.82, 2.24) is 9.80 Å². The zero-order valence-electron chi connectivity index (χ0n) is 16.9. The highest BCUT2D eigenvalue weighted by Crippen LogP contribution is 2.23. The Morgan fingerprint density at radius 3 is 1.93 bits per heavy atom. The molecule has 0 saturated carbocycles. The van der Waals surface area contributed by atoms with Crippen LogP contribution in [0.15, 0.2) is 60.7 Å².